The minimum Gasteiger partial charge on any atom is -0.497 e. The van der Waals surface area contributed by atoms with Crippen molar-refractivity contribution in [3.63, 3.8) is 0 Å². The number of benzene rings is 1. The third kappa shape index (κ3) is 4.31. The van der Waals surface area contributed by atoms with Crippen molar-refractivity contribution in [1.82, 2.24) is 9.97 Å². The van der Waals surface area contributed by atoms with Gasteiger partial charge in [-0.1, -0.05) is 0 Å². The van der Waals surface area contributed by atoms with Crippen LogP contribution in [-0.4, -0.2) is 48.4 Å². The number of nitrogens with two attached hydrogens (primary N) is 1. The fourth-order valence-electron chi connectivity index (χ4n) is 2.88. The lowest BCUT2D eigenvalue weighted by Crippen LogP contribution is -2.20. The monoisotopic (exact) mass is 390 g/mol. The highest BCUT2D eigenvalue weighted by atomic mass is 16.6. The number of nitrogen functional groups attached to an aromatic ring is 1. The van der Waals surface area contributed by atoms with E-state index >= 15 is 0 Å². The number of nitrogens with zero attached hydrogens (tertiary/aromatic N) is 3. The molecule has 0 amide bonds. The van der Waals surface area contributed by atoms with Crippen LogP contribution in [0.2, 0.25) is 0 Å². The Morgan fingerprint density at radius 3 is 2.82 bits per heavy atom. The average Bonchev–Trinajstić information content (AvgIpc) is 3.19. The summed E-state index contributed by atoms with van der Waals surface area (Å²) >= 11 is 0. The summed E-state index contributed by atoms with van der Waals surface area (Å²) in [7, 11) is 3.06. The topological polar surface area (TPSA) is 147 Å². The van der Waals surface area contributed by atoms with Crippen LogP contribution >= 0.6 is 0 Å². The van der Waals surface area contributed by atoms with E-state index < -0.39 is 4.92 Å². The standard InChI is InChI=1S/C17H22N6O5/c1-26-10-5-6-13(27-2)12(8-10)20-17-21-15(18)14(23(24)25)16(22-17)19-9-11-4-3-7-28-11/h5-6,8,11H,3-4,7,9H2,1-2H3,(H4,18,19,20,21,22)/t11-/m1/s1. The van der Waals surface area contributed by atoms with Gasteiger partial charge in [-0.15, -0.1) is 0 Å². The molecule has 1 atom stereocenters. The zero-order chi connectivity index (χ0) is 20.1. The number of anilines is 4. The molecule has 0 unspecified atom stereocenters. The summed E-state index contributed by atoms with van der Waals surface area (Å²) in [6.07, 6.45) is 1.82. The molecule has 11 nitrogen and oxygen atoms in total. The third-order valence-corrected chi connectivity index (χ3v) is 4.27. The van der Waals surface area contributed by atoms with Crippen LogP contribution in [0.15, 0.2) is 18.2 Å². The van der Waals surface area contributed by atoms with Crippen LogP contribution in [0.1, 0.15) is 12.8 Å². The molecule has 1 aromatic carbocycles. The highest BCUT2D eigenvalue weighted by Gasteiger charge is 2.25. The van der Waals surface area contributed by atoms with Crippen LogP contribution in [0.5, 0.6) is 11.5 Å². The highest BCUT2D eigenvalue weighted by Crippen LogP contribution is 2.34. The van der Waals surface area contributed by atoms with Gasteiger partial charge < -0.3 is 30.6 Å². The zero-order valence-corrected chi connectivity index (χ0v) is 15.6. The molecule has 1 aliphatic rings. The van der Waals surface area contributed by atoms with Crippen molar-refractivity contribution in [3.8, 4) is 11.5 Å². The van der Waals surface area contributed by atoms with Crippen molar-refractivity contribution in [3.05, 3.63) is 28.3 Å². The molecule has 150 valence electrons. The Hall–Kier alpha value is -3.34. The minimum absolute atomic E-state index is 0.0225. The lowest BCUT2D eigenvalue weighted by Gasteiger charge is -2.15. The average molecular weight is 390 g/mol. The first-order chi connectivity index (χ1) is 13.5. The number of hydrogen-bond donors (Lipinski definition) is 3. The number of hydrogen-bond acceptors (Lipinski definition) is 10. The summed E-state index contributed by atoms with van der Waals surface area (Å²) < 4.78 is 16.1. The first kappa shape index (κ1) is 19.4. The third-order valence-electron chi connectivity index (χ3n) is 4.27. The smallest absolute Gasteiger partial charge is 0.353 e. The summed E-state index contributed by atoms with van der Waals surface area (Å²) in [5.74, 6) is 0.978. The molecule has 0 saturated carbocycles. The Morgan fingerprint density at radius 2 is 2.18 bits per heavy atom. The van der Waals surface area contributed by atoms with Crippen molar-refractivity contribution in [1.29, 1.82) is 0 Å². The Balaban J connectivity index is 1.90. The molecule has 3 rings (SSSR count). The Kier molecular flexibility index (Phi) is 5.94. The van der Waals surface area contributed by atoms with Crippen molar-refractivity contribution in [2.24, 2.45) is 0 Å². The predicted octanol–water partition coefficient (Wildman–Crippen LogP) is 2.32. The van der Waals surface area contributed by atoms with Gasteiger partial charge in [-0.2, -0.15) is 9.97 Å². The summed E-state index contributed by atoms with van der Waals surface area (Å²) in [4.78, 5) is 19.0. The van der Waals surface area contributed by atoms with Gasteiger partial charge in [0.2, 0.25) is 17.6 Å². The van der Waals surface area contributed by atoms with Crippen LogP contribution in [0, 0.1) is 10.1 Å². The van der Waals surface area contributed by atoms with Crippen molar-refractivity contribution >= 4 is 29.0 Å². The van der Waals surface area contributed by atoms with Crippen molar-refractivity contribution in [2.45, 2.75) is 18.9 Å². The first-order valence-corrected chi connectivity index (χ1v) is 8.68. The molecule has 1 saturated heterocycles. The van der Waals surface area contributed by atoms with E-state index in [1.165, 1.54) is 7.11 Å². The van der Waals surface area contributed by atoms with E-state index in [1.54, 1.807) is 25.3 Å². The Morgan fingerprint density at radius 1 is 1.36 bits per heavy atom. The van der Waals surface area contributed by atoms with Gasteiger partial charge in [-0.25, -0.2) is 0 Å². The van der Waals surface area contributed by atoms with Gasteiger partial charge in [0.1, 0.15) is 11.5 Å². The van der Waals surface area contributed by atoms with E-state index in [0.717, 1.165) is 12.8 Å². The molecule has 0 radical (unpaired) electrons. The van der Waals surface area contributed by atoms with Gasteiger partial charge in [0, 0.05) is 19.2 Å². The van der Waals surface area contributed by atoms with E-state index in [0.29, 0.717) is 30.3 Å². The fourth-order valence-corrected chi connectivity index (χ4v) is 2.88. The van der Waals surface area contributed by atoms with E-state index in [1.807, 2.05) is 0 Å². The van der Waals surface area contributed by atoms with E-state index in [9.17, 15) is 10.1 Å². The molecule has 28 heavy (non-hydrogen) atoms. The van der Waals surface area contributed by atoms with Crippen molar-refractivity contribution < 1.29 is 19.1 Å². The van der Waals surface area contributed by atoms with Crippen molar-refractivity contribution in [2.75, 3.05) is 43.7 Å². The number of rotatable bonds is 8. The van der Waals surface area contributed by atoms with Gasteiger partial charge in [0.15, 0.2) is 0 Å². The second-order valence-electron chi connectivity index (χ2n) is 6.09. The number of ether oxygens (including phenoxy) is 3. The molecule has 1 aliphatic heterocycles. The number of methoxy groups -OCH3 is 2. The second-order valence-corrected chi connectivity index (χ2v) is 6.09. The molecule has 0 bridgehead atoms. The van der Waals surface area contributed by atoms with Gasteiger partial charge >= 0.3 is 5.69 Å². The van der Waals surface area contributed by atoms with E-state index in [2.05, 4.69) is 20.6 Å². The maximum absolute atomic E-state index is 11.4. The lowest BCUT2D eigenvalue weighted by atomic mass is 10.2. The van der Waals surface area contributed by atoms with Gasteiger partial charge in [0.25, 0.3) is 0 Å². The van der Waals surface area contributed by atoms with Crippen LogP contribution in [-0.2, 0) is 4.74 Å². The molecular weight excluding hydrogens is 368 g/mol. The van der Waals surface area contributed by atoms with E-state index in [4.69, 9.17) is 19.9 Å². The lowest BCUT2D eigenvalue weighted by molar-refractivity contribution is -0.383. The zero-order valence-electron chi connectivity index (χ0n) is 15.6. The Labute approximate surface area is 161 Å². The molecule has 2 aromatic rings. The molecule has 0 aliphatic carbocycles. The number of nitrogens with one attached hydrogen (secondary N) is 2. The maximum atomic E-state index is 11.4. The molecule has 11 heteroatoms. The fraction of sp³-hybridized carbons (Fsp3) is 0.412. The van der Waals surface area contributed by atoms with E-state index in [-0.39, 0.29) is 29.4 Å². The Bertz CT molecular complexity index is 856. The largest absolute Gasteiger partial charge is 0.497 e. The maximum Gasteiger partial charge on any atom is 0.353 e. The normalized spacial score (nSPS) is 15.9. The molecular formula is C17H22N6O5. The molecule has 0 spiro atoms. The predicted molar refractivity (Wildman–Crippen MR) is 103 cm³/mol. The van der Waals surface area contributed by atoms with Gasteiger partial charge in [-0.3, -0.25) is 10.1 Å². The van der Waals surface area contributed by atoms with Gasteiger partial charge in [-0.05, 0) is 25.0 Å². The second kappa shape index (κ2) is 8.57. The summed E-state index contributed by atoms with van der Waals surface area (Å²) in [5.41, 5.74) is 5.98. The molecule has 2 heterocycles. The molecule has 1 aromatic heterocycles. The SMILES string of the molecule is COc1ccc(OC)c(Nc2nc(N)c([N+](=O)[O-])c(NC[C@H]3CCCO3)n2)c1. The first-order valence-electron chi connectivity index (χ1n) is 8.68. The van der Waals surface area contributed by atoms with Crippen LogP contribution in [0.25, 0.3) is 0 Å². The highest BCUT2D eigenvalue weighted by molar-refractivity contribution is 5.72. The summed E-state index contributed by atoms with van der Waals surface area (Å²) in [6.45, 7) is 1.07. The molecule has 1 fully saturated rings. The summed E-state index contributed by atoms with van der Waals surface area (Å²) in [5, 5.41) is 17.3. The molecule has 4 N–H and O–H groups in total. The van der Waals surface area contributed by atoms with Crippen LogP contribution in [0.4, 0.5) is 29.0 Å². The minimum atomic E-state index is -0.608. The van der Waals surface area contributed by atoms with Crippen LogP contribution in [0.3, 0.4) is 0 Å². The van der Waals surface area contributed by atoms with Crippen LogP contribution < -0.4 is 25.8 Å². The number of nitro groups is 1. The van der Waals surface area contributed by atoms with Gasteiger partial charge in [0.05, 0.1) is 30.9 Å². The summed E-state index contributed by atoms with van der Waals surface area (Å²) in [6, 6.07) is 5.15. The number of aromatic nitrogens is 2. The quantitative estimate of drug-likeness (QED) is 0.453.